The molecule has 1 aliphatic rings. The highest BCUT2D eigenvalue weighted by molar-refractivity contribution is 7.99. The molecule has 0 fully saturated rings. The third-order valence-corrected chi connectivity index (χ3v) is 4.53. The Balaban J connectivity index is 1.78. The molecule has 1 heterocycles. The molecule has 3 rings (SSSR count). The van der Waals surface area contributed by atoms with Crippen LogP contribution in [0.2, 0.25) is 0 Å². The number of hydrogen-bond acceptors (Lipinski definition) is 5. The minimum atomic E-state index is -2.51. The van der Waals surface area contributed by atoms with Gasteiger partial charge in [0.05, 0.1) is 13.2 Å². The summed E-state index contributed by atoms with van der Waals surface area (Å²) in [6, 6.07) is 13.1. The second kappa shape index (κ2) is 9.24. The number of fused-ring (bicyclic) bond motifs is 1. The Bertz CT molecular complexity index is 924. The number of nitrogens with one attached hydrogen (secondary N) is 1. The third kappa shape index (κ3) is 5.02. The van der Waals surface area contributed by atoms with Gasteiger partial charge in [0.2, 0.25) is 0 Å². The first-order chi connectivity index (χ1) is 13.6. The van der Waals surface area contributed by atoms with Gasteiger partial charge in [-0.2, -0.15) is 14.0 Å². The number of carbonyl (C=O) groups excluding carboxylic acids is 1. The number of thioether (sulfide) groups is 1. The van der Waals surface area contributed by atoms with E-state index in [1.807, 2.05) is 6.07 Å². The molecule has 1 aliphatic heterocycles. The molecule has 0 unspecified atom stereocenters. The summed E-state index contributed by atoms with van der Waals surface area (Å²) in [4.78, 5) is 12.8. The Hall–Kier alpha value is -3.05. The van der Waals surface area contributed by atoms with E-state index in [9.17, 15) is 18.8 Å². The lowest BCUT2D eigenvalue weighted by Gasteiger charge is -2.10. The summed E-state index contributed by atoms with van der Waals surface area (Å²) >= 11 is 0.418. The van der Waals surface area contributed by atoms with Gasteiger partial charge in [0.25, 0.3) is 11.7 Å². The molecule has 1 amide bonds. The van der Waals surface area contributed by atoms with E-state index in [1.165, 1.54) is 30.3 Å². The molecule has 1 N–H and O–H groups in total. The van der Waals surface area contributed by atoms with E-state index in [4.69, 9.17) is 9.47 Å². The van der Waals surface area contributed by atoms with Crippen LogP contribution in [-0.4, -0.2) is 24.9 Å². The molecule has 0 aliphatic carbocycles. The Morgan fingerprint density at radius 1 is 1.18 bits per heavy atom. The van der Waals surface area contributed by atoms with Crippen LogP contribution < -0.4 is 14.8 Å². The summed E-state index contributed by atoms with van der Waals surface area (Å²) in [7, 11) is 0. The van der Waals surface area contributed by atoms with Crippen LogP contribution >= 0.6 is 11.8 Å². The van der Waals surface area contributed by atoms with Crippen molar-refractivity contribution in [2.75, 3.05) is 18.5 Å². The lowest BCUT2D eigenvalue weighted by atomic mass is 10.1. The van der Waals surface area contributed by atoms with Crippen LogP contribution in [-0.2, 0) is 4.79 Å². The standard InChI is InChI=1S/C20H16F2N2O3S/c21-20(22)28-16-7-5-15(6-8-16)24-19(25)14(12-23)11-13-3-1-4-17-18(13)27-10-2-9-26-17/h1,3-8,11,20H,2,9-10H2,(H,24,25)/b14-11+. The second-order valence-electron chi connectivity index (χ2n) is 5.75. The fourth-order valence-corrected chi connectivity index (χ4v) is 3.05. The van der Waals surface area contributed by atoms with Crippen LogP contribution in [0.5, 0.6) is 11.5 Å². The van der Waals surface area contributed by atoms with Crippen LogP contribution in [0.25, 0.3) is 6.08 Å². The van der Waals surface area contributed by atoms with E-state index in [-0.39, 0.29) is 5.57 Å². The zero-order chi connectivity index (χ0) is 19.9. The SMILES string of the molecule is N#C/C(=C\c1cccc2c1OCCCO2)C(=O)Nc1ccc(SC(F)F)cc1. The number of benzene rings is 2. The van der Waals surface area contributed by atoms with Gasteiger partial charge in [0.15, 0.2) is 11.5 Å². The first kappa shape index (κ1) is 19.7. The maximum Gasteiger partial charge on any atom is 0.288 e. The third-order valence-electron chi connectivity index (χ3n) is 3.80. The van der Waals surface area contributed by atoms with Crippen molar-refractivity contribution < 1.29 is 23.0 Å². The maximum atomic E-state index is 12.4. The van der Waals surface area contributed by atoms with E-state index in [2.05, 4.69) is 5.32 Å². The zero-order valence-corrected chi connectivity index (χ0v) is 15.5. The number of carbonyl (C=O) groups is 1. The minimum Gasteiger partial charge on any atom is -0.490 e. The monoisotopic (exact) mass is 402 g/mol. The predicted molar refractivity (Wildman–Crippen MR) is 103 cm³/mol. The highest BCUT2D eigenvalue weighted by atomic mass is 32.2. The maximum absolute atomic E-state index is 12.4. The quantitative estimate of drug-likeness (QED) is 0.446. The van der Waals surface area contributed by atoms with Crippen molar-refractivity contribution >= 4 is 29.4 Å². The normalized spacial score (nSPS) is 13.6. The Morgan fingerprint density at radius 3 is 2.64 bits per heavy atom. The molecule has 8 heteroatoms. The van der Waals surface area contributed by atoms with Crippen LogP contribution in [0.3, 0.4) is 0 Å². The highest BCUT2D eigenvalue weighted by Crippen LogP contribution is 2.34. The summed E-state index contributed by atoms with van der Waals surface area (Å²) < 4.78 is 36.0. The number of rotatable bonds is 5. The summed E-state index contributed by atoms with van der Waals surface area (Å²) in [6.45, 7) is 1.01. The minimum absolute atomic E-state index is 0.118. The lowest BCUT2D eigenvalue weighted by Crippen LogP contribution is -2.13. The Kier molecular flexibility index (Phi) is 6.50. The van der Waals surface area contributed by atoms with Gasteiger partial charge in [-0.3, -0.25) is 4.79 Å². The molecule has 144 valence electrons. The van der Waals surface area contributed by atoms with Crippen molar-refractivity contribution in [2.45, 2.75) is 17.1 Å². The average Bonchev–Trinajstić information content (AvgIpc) is 2.93. The van der Waals surface area contributed by atoms with Crippen molar-refractivity contribution in [1.82, 2.24) is 0 Å². The highest BCUT2D eigenvalue weighted by Gasteiger charge is 2.16. The number of anilines is 1. The fourth-order valence-electron chi connectivity index (χ4n) is 2.55. The summed E-state index contributed by atoms with van der Waals surface area (Å²) in [5, 5.41) is 12.0. The smallest absolute Gasteiger partial charge is 0.288 e. The topological polar surface area (TPSA) is 71.3 Å². The fraction of sp³-hybridized carbons (Fsp3) is 0.200. The van der Waals surface area contributed by atoms with Gasteiger partial charge in [-0.1, -0.05) is 23.9 Å². The van der Waals surface area contributed by atoms with Crippen molar-refractivity contribution in [1.29, 1.82) is 5.26 Å². The van der Waals surface area contributed by atoms with Crippen LogP contribution in [0.4, 0.5) is 14.5 Å². The van der Waals surface area contributed by atoms with E-state index >= 15 is 0 Å². The summed E-state index contributed by atoms with van der Waals surface area (Å²) in [5.74, 6) is -2.06. The number of amides is 1. The molecular weight excluding hydrogens is 386 g/mol. The number of alkyl halides is 2. The molecule has 2 aromatic rings. The number of nitriles is 1. The van der Waals surface area contributed by atoms with Gasteiger partial charge in [0, 0.05) is 22.6 Å². The van der Waals surface area contributed by atoms with Gasteiger partial charge in [-0.25, -0.2) is 0 Å². The Morgan fingerprint density at radius 2 is 1.93 bits per heavy atom. The summed E-state index contributed by atoms with van der Waals surface area (Å²) in [6.07, 6.45) is 2.17. The average molecular weight is 402 g/mol. The van der Waals surface area contributed by atoms with Gasteiger partial charge in [0.1, 0.15) is 11.6 Å². The first-order valence-electron chi connectivity index (χ1n) is 8.43. The van der Waals surface area contributed by atoms with E-state index in [1.54, 1.807) is 18.2 Å². The Labute approximate surface area is 164 Å². The molecule has 0 saturated carbocycles. The summed E-state index contributed by atoms with van der Waals surface area (Å²) in [5.41, 5.74) is 0.846. The van der Waals surface area contributed by atoms with E-state index < -0.39 is 11.7 Å². The van der Waals surface area contributed by atoms with Crippen molar-refractivity contribution in [3.63, 3.8) is 0 Å². The molecule has 0 spiro atoms. The molecule has 5 nitrogen and oxygen atoms in total. The molecular formula is C20H16F2N2O3S. The molecule has 0 atom stereocenters. The first-order valence-corrected chi connectivity index (χ1v) is 9.31. The molecule has 0 radical (unpaired) electrons. The van der Waals surface area contributed by atoms with E-state index in [0.717, 1.165) is 6.42 Å². The van der Waals surface area contributed by atoms with Crippen molar-refractivity contribution in [2.24, 2.45) is 0 Å². The van der Waals surface area contributed by atoms with Crippen molar-refractivity contribution in [3.8, 4) is 17.6 Å². The molecule has 2 aromatic carbocycles. The number of halogens is 2. The lowest BCUT2D eigenvalue weighted by molar-refractivity contribution is -0.112. The zero-order valence-electron chi connectivity index (χ0n) is 14.7. The van der Waals surface area contributed by atoms with Crippen LogP contribution in [0.1, 0.15) is 12.0 Å². The van der Waals surface area contributed by atoms with Crippen LogP contribution in [0.15, 0.2) is 52.9 Å². The number of nitrogens with zero attached hydrogens (tertiary/aromatic N) is 1. The molecule has 0 bridgehead atoms. The van der Waals surface area contributed by atoms with Gasteiger partial charge >= 0.3 is 0 Å². The molecule has 0 aromatic heterocycles. The van der Waals surface area contributed by atoms with Crippen molar-refractivity contribution in [3.05, 3.63) is 53.6 Å². The number of para-hydroxylation sites is 1. The van der Waals surface area contributed by atoms with Gasteiger partial charge in [-0.05, 0) is 36.4 Å². The number of hydrogen-bond donors (Lipinski definition) is 1. The molecule has 28 heavy (non-hydrogen) atoms. The largest absolute Gasteiger partial charge is 0.490 e. The predicted octanol–water partition coefficient (Wildman–Crippen LogP) is 4.71. The second-order valence-corrected chi connectivity index (χ2v) is 6.82. The molecule has 0 saturated heterocycles. The van der Waals surface area contributed by atoms with Crippen LogP contribution in [0, 0.1) is 11.3 Å². The van der Waals surface area contributed by atoms with Gasteiger partial charge < -0.3 is 14.8 Å². The number of ether oxygens (including phenoxy) is 2. The van der Waals surface area contributed by atoms with E-state index in [0.29, 0.717) is 52.6 Å². The van der Waals surface area contributed by atoms with Gasteiger partial charge in [-0.15, -0.1) is 0 Å².